The molecule has 1 aliphatic heterocycles. The van der Waals surface area contributed by atoms with E-state index >= 15 is 0 Å². The van der Waals surface area contributed by atoms with Crippen molar-refractivity contribution in [3.8, 4) is 0 Å². The van der Waals surface area contributed by atoms with Crippen LogP contribution in [0.4, 0.5) is 17.2 Å². The van der Waals surface area contributed by atoms with Gasteiger partial charge in [-0.25, -0.2) is 9.99 Å². The van der Waals surface area contributed by atoms with Crippen LogP contribution in [-0.4, -0.2) is 10.7 Å². The van der Waals surface area contributed by atoms with Gasteiger partial charge in [0.1, 0.15) is 5.82 Å². The van der Waals surface area contributed by atoms with Gasteiger partial charge in [-0.15, -0.1) is 0 Å². The van der Waals surface area contributed by atoms with Crippen LogP contribution >= 0.6 is 0 Å². The molecule has 0 amide bonds. The molecule has 0 saturated heterocycles. The Bertz CT molecular complexity index is 2470. The zero-order chi connectivity index (χ0) is 40.4. The molecule has 0 fully saturated rings. The molecule has 60 heavy (non-hydrogen) atoms. The fourth-order valence-electron chi connectivity index (χ4n) is 8.39. The van der Waals surface area contributed by atoms with E-state index in [1.165, 1.54) is 44.8 Å². The van der Waals surface area contributed by atoms with Crippen LogP contribution < -0.4 is 14.8 Å². The lowest BCUT2D eigenvalue weighted by Crippen LogP contribution is -2.28. The van der Waals surface area contributed by atoms with Crippen molar-refractivity contribution < 1.29 is 0 Å². The van der Waals surface area contributed by atoms with Crippen LogP contribution in [-0.2, 0) is 32.6 Å². The first kappa shape index (κ1) is 38.3. The lowest BCUT2D eigenvalue weighted by Gasteiger charge is -2.30. The van der Waals surface area contributed by atoms with Crippen molar-refractivity contribution in [1.29, 1.82) is 0 Å². The van der Waals surface area contributed by atoms with E-state index in [0.29, 0.717) is 0 Å². The molecule has 5 nitrogen and oxygen atoms in total. The average Bonchev–Trinajstić information content (AvgIpc) is 3.69. The molecule has 2 atom stereocenters. The number of hydrogen-bond acceptors (Lipinski definition) is 5. The average molecular weight is 780 g/mol. The molecule has 1 aromatic heterocycles. The minimum Gasteiger partial charge on any atom is -0.363 e. The Balaban J connectivity index is 1.07. The summed E-state index contributed by atoms with van der Waals surface area (Å²) in [5.74, 6) is 0.892. The van der Waals surface area contributed by atoms with Crippen LogP contribution in [0, 0.1) is 5.92 Å². The van der Waals surface area contributed by atoms with E-state index in [2.05, 4.69) is 227 Å². The van der Waals surface area contributed by atoms with Crippen molar-refractivity contribution in [2.75, 3.05) is 14.8 Å². The second-order valence-corrected chi connectivity index (χ2v) is 15.6. The standard InChI is InChI=1S/C55H49N5/c1-6-18-43(19-7-1)38-52-54(48-29-33-50(34-30-48)58(39-44-20-8-2-9-21-44)40-45-22-10-3-11-23-45)57-60(53-28-16-17-37-56-53)55(52)49-31-35-51(36-32-49)59(41-46-24-12-4-13-25-46)42-47-26-14-5-15-27-47/h1-37,52,55H,38-42H2. The number of rotatable bonds is 15. The number of pyridine rings is 1. The highest BCUT2D eigenvalue weighted by atomic mass is 15.5. The molecule has 2 heterocycles. The minimum absolute atomic E-state index is 0.0561. The third-order valence-electron chi connectivity index (χ3n) is 11.4. The topological polar surface area (TPSA) is 35.0 Å². The molecule has 294 valence electrons. The Morgan fingerprint density at radius 1 is 0.400 bits per heavy atom. The largest absolute Gasteiger partial charge is 0.363 e. The number of hydrazone groups is 1. The summed E-state index contributed by atoms with van der Waals surface area (Å²) < 4.78 is 0. The van der Waals surface area contributed by atoms with E-state index in [9.17, 15) is 0 Å². The fourth-order valence-corrected chi connectivity index (χ4v) is 8.39. The molecule has 7 aromatic carbocycles. The number of aromatic nitrogens is 1. The van der Waals surface area contributed by atoms with Gasteiger partial charge < -0.3 is 9.80 Å². The number of nitrogens with zero attached hydrogens (tertiary/aromatic N) is 5. The summed E-state index contributed by atoms with van der Waals surface area (Å²) in [5.41, 5.74) is 12.2. The lowest BCUT2D eigenvalue weighted by molar-refractivity contribution is 0.544. The van der Waals surface area contributed by atoms with E-state index in [1.807, 2.05) is 12.3 Å². The van der Waals surface area contributed by atoms with Gasteiger partial charge in [0.2, 0.25) is 0 Å². The number of anilines is 3. The predicted octanol–water partition coefficient (Wildman–Crippen LogP) is 12.3. The quantitative estimate of drug-likeness (QED) is 0.104. The molecular weight excluding hydrogens is 731 g/mol. The van der Waals surface area contributed by atoms with Gasteiger partial charge in [-0.3, -0.25) is 0 Å². The summed E-state index contributed by atoms with van der Waals surface area (Å²) in [6, 6.07) is 78.1. The van der Waals surface area contributed by atoms with Crippen LogP contribution in [0.25, 0.3) is 0 Å². The van der Waals surface area contributed by atoms with Crippen LogP contribution in [0.3, 0.4) is 0 Å². The molecule has 1 aliphatic rings. The van der Waals surface area contributed by atoms with Crippen LogP contribution in [0.15, 0.2) is 230 Å². The van der Waals surface area contributed by atoms with Crippen molar-refractivity contribution in [1.82, 2.24) is 4.98 Å². The third-order valence-corrected chi connectivity index (χ3v) is 11.4. The third kappa shape index (κ3) is 9.22. The maximum atomic E-state index is 5.51. The minimum atomic E-state index is -0.0758. The Morgan fingerprint density at radius 3 is 1.22 bits per heavy atom. The number of hydrogen-bond donors (Lipinski definition) is 0. The molecule has 0 spiro atoms. The van der Waals surface area contributed by atoms with E-state index < -0.39 is 0 Å². The van der Waals surface area contributed by atoms with E-state index in [4.69, 9.17) is 10.1 Å². The molecule has 2 unspecified atom stereocenters. The zero-order valence-corrected chi connectivity index (χ0v) is 33.8. The molecule has 0 saturated carbocycles. The van der Waals surface area contributed by atoms with Crippen LogP contribution in [0.1, 0.15) is 45.0 Å². The van der Waals surface area contributed by atoms with Gasteiger partial charge in [-0.05, 0) is 81.8 Å². The molecule has 8 aromatic rings. The molecule has 0 N–H and O–H groups in total. The fraction of sp³-hybridized carbons (Fsp3) is 0.127. The van der Waals surface area contributed by atoms with Gasteiger partial charge in [0.15, 0.2) is 0 Å². The highest BCUT2D eigenvalue weighted by Crippen LogP contribution is 2.42. The molecular formula is C55H49N5. The smallest absolute Gasteiger partial charge is 0.149 e. The first-order valence-corrected chi connectivity index (χ1v) is 20.9. The number of benzene rings is 7. The molecule has 9 rings (SSSR count). The maximum absolute atomic E-state index is 5.51. The van der Waals surface area contributed by atoms with Gasteiger partial charge in [-0.1, -0.05) is 182 Å². The van der Waals surface area contributed by atoms with E-state index in [-0.39, 0.29) is 12.0 Å². The Hall–Kier alpha value is -7.24. The van der Waals surface area contributed by atoms with Crippen molar-refractivity contribution in [2.45, 2.75) is 38.6 Å². The SMILES string of the molecule is c1ccc(CC2C(c3ccc(N(Cc4ccccc4)Cc4ccccc4)cc3)=NN(c3ccccn3)C2c2ccc(N(Cc3ccccc3)Cc3ccccc3)cc2)cc1. The first-order valence-electron chi connectivity index (χ1n) is 20.9. The van der Waals surface area contributed by atoms with Gasteiger partial charge in [0.25, 0.3) is 0 Å². The first-order chi connectivity index (χ1) is 29.7. The van der Waals surface area contributed by atoms with E-state index in [0.717, 1.165) is 49.7 Å². The van der Waals surface area contributed by atoms with Crippen LogP contribution in [0.2, 0.25) is 0 Å². The van der Waals surface area contributed by atoms with Gasteiger partial charge in [0, 0.05) is 49.7 Å². The molecule has 0 aliphatic carbocycles. The Morgan fingerprint density at radius 2 is 0.800 bits per heavy atom. The predicted molar refractivity (Wildman–Crippen MR) is 248 cm³/mol. The highest BCUT2D eigenvalue weighted by Gasteiger charge is 2.40. The second-order valence-electron chi connectivity index (χ2n) is 15.6. The monoisotopic (exact) mass is 779 g/mol. The second kappa shape index (κ2) is 18.6. The summed E-state index contributed by atoms with van der Waals surface area (Å²) in [7, 11) is 0. The Kier molecular flexibility index (Phi) is 11.8. The maximum Gasteiger partial charge on any atom is 0.149 e. The van der Waals surface area contributed by atoms with Crippen molar-refractivity contribution in [2.24, 2.45) is 11.0 Å². The van der Waals surface area contributed by atoms with Gasteiger partial charge in [0.05, 0.1) is 11.8 Å². The summed E-state index contributed by atoms with van der Waals surface area (Å²) >= 11 is 0. The molecule has 0 bridgehead atoms. The zero-order valence-electron chi connectivity index (χ0n) is 33.8. The van der Waals surface area contributed by atoms with Crippen molar-refractivity contribution in [3.63, 3.8) is 0 Å². The summed E-state index contributed by atoms with van der Waals surface area (Å²) in [5, 5.41) is 7.67. The van der Waals surface area contributed by atoms with Crippen molar-refractivity contribution >= 4 is 22.9 Å². The lowest BCUT2D eigenvalue weighted by atomic mass is 9.82. The van der Waals surface area contributed by atoms with Gasteiger partial charge in [-0.2, -0.15) is 5.10 Å². The summed E-state index contributed by atoms with van der Waals surface area (Å²) in [6.45, 7) is 3.25. The molecule has 0 radical (unpaired) electrons. The summed E-state index contributed by atoms with van der Waals surface area (Å²) in [4.78, 5) is 9.78. The highest BCUT2D eigenvalue weighted by molar-refractivity contribution is 6.05. The Labute approximate surface area is 354 Å². The molecule has 5 heteroatoms. The van der Waals surface area contributed by atoms with Gasteiger partial charge >= 0.3 is 0 Å². The van der Waals surface area contributed by atoms with E-state index in [1.54, 1.807) is 0 Å². The normalized spacial score (nSPS) is 14.7. The summed E-state index contributed by atoms with van der Waals surface area (Å²) in [6.07, 6.45) is 2.70. The van der Waals surface area contributed by atoms with Crippen molar-refractivity contribution in [3.05, 3.63) is 264 Å². The van der Waals surface area contributed by atoms with Crippen LogP contribution in [0.5, 0.6) is 0 Å².